The van der Waals surface area contributed by atoms with Gasteiger partial charge in [0.25, 0.3) is 0 Å². The molecule has 5 nitrogen and oxygen atoms in total. The second kappa shape index (κ2) is 4.35. The predicted molar refractivity (Wildman–Crippen MR) is 53.0 cm³/mol. The second-order valence-corrected chi connectivity index (χ2v) is 4.74. The van der Waals surface area contributed by atoms with Crippen LogP contribution in [0.3, 0.4) is 0 Å². The molecule has 0 spiro atoms. The first-order valence-electron chi connectivity index (χ1n) is 5.14. The minimum absolute atomic E-state index is 0.151. The van der Waals surface area contributed by atoms with Gasteiger partial charge in [-0.2, -0.15) is 0 Å². The molecule has 1 saturated carbocycles. The maximum absolute atomic E-state index is 10.1. The molecule has 0 bridgehead atoms. The van der Waals surface area contributed by atoms with Gasteiger partial charge < -0.3 is 25.5 Å². The number of rotatable bonds is 4. The van der Waals surface area contributed by atoms with Gasteiger partial charge in [-0.25, -0.2) is 0 Å². The van der Waals surface area contributed by atoms with E-state index in [1.54, 1.807) is 6.92 Å². The Morgan fingerprint density at radius 3 is 1.67 bits per heavy atom. The molecule has 2 atom stereocenters. The zero-order chi connectivity index (χ0) is 11.7. The van der Waals surface area contributed by atoms with Crippen molar-refractivity contribution < 1.29 is 25.5 Å². The van der Waals surface area contributed by atoms with E-state index in [1.165, 1.54) is 0 Å². The van der Waals surface area contributed by atoms with E-state index in [4.69, 9.17) is 0 Å². The van der Waals surface area contributed by atoms with Crippen molar-refractivity contribution in [2.45, 2.75) is 19.4 Å². The Labute approximate surface area is 89.0 Å². The Morgan fingerprint density at radius 2 is 1.47 bits per heavy atom. The third-order valence-corrected chi connectivity index (χ3v) is 4.04. The maximum atomic E-state index is 10.1. The third-order valence-electron chi connectivity index (χ3n) is 4.04. The molecule has 0 heterocycles. The van der Waals surface area contributed by atoms with Gasteiger partial charge in [0, 0.05) is 10.8 Å². The van der Waals surface area contributed by atoms with E-state index in [2.05, 4.69) is 0 Å². The summed E-state index contributed by atoms with van der Waals surface area (Å²) in [7, 11) is 0. The van der Waals surface area contributed by atoms with Crippen LogP contribution in [0.15, 0.2) is 0 Å². The van der Waals surface area contributed by atoms with E-state index >= 15 is 0 Å². The number of hydrogen-bond donors (Lipinski definition) is 5. The summed E-state index contributed by atoms with van der Waals surface area (Å²) in [6, 6.07) is 0. The van der Waals surface area contributed by atoms with Crippen LogP contribution in [0.2, 0.25) is 0 Å². The molecule has 15 heavy (non-hydrogen) atoms. The molecule has 1 rings (SSSR count). The van der Waals surface area contributed by atoms with Crippen LogP contribution in [0, 0.1) is 16.7 Å². The van der Waals surface area contributed by atoms with Crippen molar-refractivity contribution in [2.24, 2.45) is 16.7 Å². The van der Waals surface area contributed by atoms with Gasteiger partial charge in [0.2, 0.25) is 0 Å². The Morgan fingerprint density at radius 1 is 1.00 bits per heavy atom. The second-order valence-electron chi connectivity index (χ2n) is 4.74. The Kier molecular flexibility index (Phi) is 3.73. The van der Waals surface area contributed by atoms with E-state index in [1.807, 2.05) is 0 Å². The number of aliphatic hydroxyl groups is 5. The lowest BCUT2D eigenvalue weighted by atomic mass is 9.75. The first-order valence-corrected chi connectivity index (χ1v) is 5.14. The Balaban J connectivity index is 3.05. The van der Waals surface area contributed by atoms with Crippen molar-refractivity contribution in [1.29, 1.82) is 0 Å². The summed E-state index contributed by atoms with van der Waals surface area (Å²) in [5, 5.41) is 47.2. The average Bonchev–Trinajstić information content (AvgIpc) is 2.48. The van der Waals surface area contributed by atoms with E-state index in [-0.39, 0.29) is 32.3 Å². The first-order chi connectivity index (χ1) is 7.03. The van der Waals surface area contributed by atoms with Crippen LogP contribution < -0.4 is 0 Å². The number of aliphatic hydroxyl groups excluding tert-OH is 5. The molecule has 0 aromatic heterocycles. The molecule has 2 unspecified atom stereocenters. The largest absolute Gasteiger partial charge is 0.396 e. The third kappa shape index (κ3) is 1.59. The fourth-order valence-electron chi connectivity index (χ4n) is 2.69. The molecule has 1 aliphatic rings. The van der Waals surface area contributed by atoms with Gasteiger partial charge in [-0.15, -0.1) is 0 Å². The van der Waals surface area contributed by atoms with Crippen LogP contribution in [0.4, 0.5) is 0 Å². The quantitative estimate of drug-likeness (QED) is 0.390. The minimum Gasteiger partial charge on any atom is -0.396 e. The van der Waals surface area contributed by atoms with Crippen LogP contribution in [0.1, 0.15) is 13.3 Å². The molecule has 0 aliphatic heterocycles. The van der Waals surface area contributed by atoms with Crippen molar-refractivity contribution in [3.8, 4) is 0 Å². The average molecular weight is 220 g/mol. The summed E-state index contributed by atoms with van der Waals surface area (Å²) in [5.74, 6) is -0.151. The van der Waals surface area contributed by atoms with Crippen LogP contribution >= 0.6 is 0 Å². The molecule has 5 heteroatoms. The lowest BCUT2D eigenvalue weighted by molar-refractivity contribution is -0.110. The minimum atomic E-state index is -1.09. The highest BCUT2D eigenvalue weighted by Crippen LogP contribution is 2.52. The molecule has 0 aromatic rings. The van der Waals surface area contributed by atoms with E-state index < -0.39 is 16.9 Å². The molecular weight excluding hydrogens is 200 g/mol. The Hall–Kier alpha value is -0.200. The van der Waals surface area contributed by atoms with Gasteiger partial charge in [0.05, 0.1) is 32.5 Å². The zero-order valence-electron chi connectivity index (χ0n) is 8.93. The summed E-state index contributed by atoms with van der Waals surface area (Å²) >= 11 is 0. The summed E-state index contributed by atoms with van der Waals surface area (Å²) in [6.45, 7) is 0.386. The molecule has 0 aromatic carbocycles. The SMILES string of the molecule is CC1CC(CO)(CO)C(O)C1(CO)CO. The highest BCUT2D eigenvalue weighted by molar-refractivity contribution is 5.07. The van der Waals surface area contributed by atoms with Gasteiger partial charge >= 0.3 is 0 Å². The molecule has 1 aliphatic carbocycles. The molecule has 0 amide bonds. The lowest BCUT2D eigenvalue weighted by Crippen LogP contribution is -2.49. The molecule has 5 N–H and O–H groups in total. The van der Waals surface area contributed by atoms with Gasteiger partial charge in [-0.05, 0) is 12.3 Å². The summed E-state index contributed by atoms with van der Waals surface area (Å²) in [4.78, 5) is 0. The smallest absolute Gasteiger partial charge is 0.0743 e. The molecule has 0 saturated heterocycles. The zero-order valence-corrected chi connectivity index (χ0v) is 8.93. The fraction of sp³-hybridized carbons (Fsp3) is 1.00. The first kappa shape index (κ1) is 12.9. The van der Waals surface area contributed by atoms with Crippen molar-refractivity contribution in [2.75, 3.05) is 26.4 Å². The van der Waals surface area contributed by atoms with E-state index in [9.17, 15) is 25.5 Å². The number of hydrogen-bond acceptors (Lipinski definition) is 5. The van der Waals surface area contributed by atoms with E-state index in [0.29, 0.717) is 6.42 Å². The highest BCUT2D eigenvalue weighted by Gasteiger charge is 2.59. The fourth-order valence-corrected chi connectivity index (χ4v) is 2.69. The predicted octanol–water partition coefficient (Wildman–Crippen LogP) is -1.67. The van der Waals surface area contributed by atoms with Gasteiger partial charge in [-0.3, -0.25) is 0 Å². The van der Waals surface area contributed by atoms with Crippen molar-refractivity contribution in [3.05, 3.63) is 0 Å². The maximum Gasteiger partial charge on any atom is 0.0743 e. The summed E-state index contributed by atoms with van der Waals surface area (Å²) in [6.07, 6.45) is -0.701. The van der Waals surface area contributed by atoms with Gasteiger partial charge in [0.15, 0.2) is 0 Å². The topological polar surface area (TPSA) is 101 Å². The van der Waals surface area contributed by atoms with Crippen molar-refractivity contribution in [3.63, 3.8) is 0 Å². The van der Waals surface area contributed by atoms with Crippen LogP contribution in [-0.2, 0) is 0 Å². The summed E-state index contributed by atoms with van der Waals surface area (Å²) < 4.78 is 0. The lowest BCUT2D eigenvalue weighted by Gasteiger charge is -2.37. The van der Waals surface area contributed by atoms with Gasteiger partial charge in [0.1, 0.15) is 0 Å². The molecule has 90 valence electrons. The highest BCUT2D eigenvalue weighted by atomic mass is 16.3. The summed E-state index contributed by atoms with van der Waals surface area (Å²) in [5.41, 5.74) is -2.03. The van der Waals surface area contributed by atoms with E-state index in [0.717, 1.165) is 0 Å². The van der Waals surface area contributed by atoms with Gasteiger partial charge in [-0.1, -0.05) is 6.92 Å². The van der Waals surface area contributed by atoms with Crippen molar-refractivity contribution >= 4 is 0 Å². The monoisotopic (exact) mass is 220 g/mol. The van der Waals surface area contributed by atoms with Crippen molar-refractivity contribution in [1.82, 2.24) is 0 Å². The molecule has 1 fully saturated rings. The molecule has 0 radical (unpaired) electrons. The Bertz CT molecular complexity index is 210. The van der Waals surface area contributed by atoms with Crippen LogP contribution in [-0.4, -0.2) is 58.1 Å². The normalized spacial score (nSPS) is 33.2. The van der Waals surface area contributed by atoms with Crippen LogP contribution in [0.25, 0.3) is 0 Å². The van der Waals surface area contributed by atoms with Crippen LogP contribution in [0.5, 0.6) is 0 Å². The standard InChI is InChI=1S/C10H20O5/c1-7-2-9(3-11,4-12)8(15)10(7,5-13)6-14/h7-8,11-15H,2-6H2,1H3. The molecular formula is C10H20O5.